The van der Waals surface area contributed by atoms with Gasteiger partial charge in [0.1, 0.15) is 35.9 Å². The van der Waals surface area contributed by atoms with Crippen LogP contribution in [0, 0.1) is 29.6 Å². The first-order chi connectivity index (χ1) is 38.0. The van der Waals surface area contributed by atoms with Crippen molar-refractivity contribution in [2.24, 2.45) is 34.7 Å². The van der Waals surface area contributed by atoms with Crippen molar-refractivity contribution < 1.29 is 67.7 Å². The molecule has 4 aliphatic heterocycles. The van der Waals surface area contributed by atoms with Gasteiger partial charge in [-0.25, -0.2) is 9.07 Å². The average Bonchev–Trinajstić information content (AvgIpc) is 4.19. The standard InChI is InChI=1S/C61H101FN6O13/c1-18-49-60(13,74)54(71)38(6)51(69)36(4)30-59(12,76-17)56(39(7)53(40(8)57(73)79-49)80-50-32-58(11,75-16)55(72)42(10)77-50)78-41(9)52(70)47(29-35(2)3)67(15)26-23-45-34-68(65-63-45)48(33-62)37(5)43-19-21-44(22-20-43)46-31-61(81-64-46)24-27-66(14)28-25-61/h19-22,34-42,47-50,52-56,70-72,74H,18,23-33H2,1-17H3/t36-,37-,38+,39+,40-,41-,42+,47+,48-,49-,50+,52+,53+,54-,55+,56-,58-,59-,60-/m1/s1. The summed E-state index contributed by atoms with van der Waals surface area (Å²) in [6.45, 7) is 25.0. The second kappa shape index (κ2) is 27.7. The van der Waals surface area contributed by atoms with Crippen molar-refractivity contribution in [3.8, 4) is 0 Å². The van der Waals surface area contributed by atoms with E-state index in [4.69, 9.17) is 33.3 Å². The number of aromatic nitrogens is 3. The molecule has 3 fully saturated rings. The van der Waals surface area contributed by atoms with Crippen LogP contribution in [0.2, 0.25) is 0 Å². The van der Waals surface area contributed by atoms with Crippen LogP contribution < -0.4 is 0 Å². The minimum Gasteiger partial charge on any atom is -0.459 e. The third kappa shape index (κ3) is 15.1. The highest BCUT2D eigenvalue weighted by molar-refractivity contribution is 6.01. The third-order valence-electron chi connectivity index (χ3n) is 19.1. The number of benzene rings is 1. The average molecular weight is 1150 g/mol. The minimum absolute atomic E-state index is 0.0856. The molecule has 5 heterocycles. The number of likely N-dealkylation sites (tertiary alicyclic amines) is 1. The Hall–Kier alpha value is -3.54. The van der Waals surface area contributed by atoms with Crippen LogP contribution in [0.15, 0.2) is 35.6 Å². The number of hydrogen-bond acceptors (Lipinski definition) is 18. The molecule has 0 saturated carbocycles. The number of alkyl halides is 1. The molecule has 1 spiro atoms. The number of ether oxygens (including phenoxy) is 6. The van der Waals surface area contributed by atoms with E-state index in [2.05, 4.69) is 46.2 Å². The van der Waals surface area contributed by atoms with Crippen LogP contribution in [0.4, 0.5) is 4.39 Å². The highest BCUT2D eigenvalue weighted by atomic mass is 19.1. The number of piperidine rings is 1. The lowest BCUT2D eigenvalue weighted by Crippen LogP contribution is -2.60. The van der Waals surface area contributed by atoms with Gasteiger partial charge in [-0.15, -0.1) is 5.10 Å². The Labute approximate surface area is 481 Å². The van der Waals surface area contributed by atoms with Gasteiger partial charge in [-0.3, -0.25) is 9.59 Å². The number of oxime groups is 1. The van der Waals surface area contributed by atoms with Crippen molar-refractivity contribution in [2.45, 2.75) is 237 Å². The topological polar surface area (TPSA) is 229 Å². The predicted molar refractivity (Wildman–Crippen MR) is 305 cm³/mol. The van der Waals surface area contributed by atoms with Gasteiger partial charge >= 0.3 is 5.97 Å². The number of carbonyl (C=O) groups excluding carboxylic acids is 2. The molecule has 4 N–H and O–H groups in total. The Balaban J connectivity index is 1.23. The third-order valence-corrected chi connectivity index (χ3v) is 19.1. The Morgan fingerprint density at radius 2 is 1.57 bits per heavy atom. The summed E-state index contributed by atoms with van der Waals surface area (Å²) in [5.74, 6) is -4.73. The number of rotatable bonds is 20. The minimum atomic E-state index is -2.01. The molecule has 20 heteroatoms. The van der Waals surface area contributed by atoms with Crippen LogP contribution in [-0.4, -0.2) is 201 Å². The van der Waals surface area contributed by atoms with Gasteiger partial charge in [0, 0.05) is 102 Å². The molecular formula is C61H101FN6O13. The quantitative estimate of drug-likeness (QED) is 0.0994. The molecule has 4 aliphatic rings. The van der Waals surface area contributed by atoms with Gasteiger partial charge in [0.25, 0.3) is 0 Å². The summed E-state index contributed by atoms with van der Waals surface area (Å²) in [7, 11) is 7.10. The number of likely N-dealkylation sites (N-methyl/N-ethyl adjacent to an activating group) is 1. The summed E-state index contributed by atoms with van der Waals surface area (Å²) in [6.07, 6.45) is -3.66. The van der Waals surface area contributed by atoms with Crippen LogP contribution in [0.1, 0.15) is 164 Å². The van der Waals surface area contributed by atoms with Crippen LogP contribution >= 0.6 is 0 Å². The van der Waals surface area contributed by atoms with E-state index in [9.17, 15) is 30.0 Å². The van der Waals surface area contributed by atoms with E-state index in [0.29, 0.717) is 25.1 Å². The molecule has 6 rings (SSSR count). The van der Waals surface area contributed by atoms with E-state index in [1.165, 1.54) is 21.1 Å². The number of aliphatic hydroxyl groups is 4. The number of halogens is 1. The number of aliphatic hydroxyl groups excluding tert-OH is 3. The Bertz CT molecular complexity index is 2370. The zero-order valence-electron chi connectivity index (χ0n) is 51.7. The van der Waals surface area contributed by atoms with Gasteiger partial charge < -0.3 is 63.5 Å². The fraction of sp³-hybridized carbons (Fsp3) is 0.820. The lowest BCUT2D eigenvalue weighted by atomic mass is 9.73. The second-order valence-corrected chi connectivity index (χ2v) is 25.8. The zero-order valence-corrected chi connectivity index (χ0v) is 51.7. The number of carbonyl (C=O) groups is 2. The maximum Gasteiger partial charge on any atom is 0.311 e. The van der Waals surface area contributed by atoms with Gasteiger partial charge in [-0.05, 0) is 91.9 Å². The highest BCUT2D eigenvalue weighted by Gasteiger charge is 2.53. The summed E-state index contributed by atoms with van der Waals surface area (Å²) in [5.41, 5.74) is -1.02. The van der Waals surface area contributed by atoms with Gasteiger partial charge in [0.2, 0.25) is 0 Å². The van der Waals surface area contributed by atoms with Crippen LogP contribution in [0.3, 0.4) is 0 Å². The monoisotopic (exact) mass is 1140 g/mol. The molecule has 3 saturated heterocycles. The van der Waals surface area contributed by atoms with Crippen molar-refractivity contribution in [1.29, 1.82) is 0 Å². The van der Waals surface area contributed by atoms with Crippen LogP contribution in [0.5, 0.6) is 0 Å². The predicted octanol–water partition coefficient (Wildman–Crippen LogP) is 6.85. The maximum absolute atomic E-state index is 15.0. The van der Waals surface area contributed by atoms with E-state index < -0.39 is 120 Å². The fourth-order valence-corrected chi connectivity index (χ4v) is 13.1. The van der Waals surface area contributed by atoms with E-state index in [1.54, 1.807) is 59.3 Å². The SMILES string of the molecule is CC[C@H]1OC(=O)[C@H](C)[C@@H](O[C@H]2C[C@@](C)(OC)[C@@H](O)[C@H](C)O2)[C@H](C)[C@@H](O[C@H](C)[C@H](O)[C@H](CC(C)C)N(C)CCc2cn([C@H](CF)[C@H](C)c3ccc(C4=NOC5(CCN(C)CC5)C4)cc3)nn2)[C@](C)(OC)C[C@@H](C)C(=O)[C@H](C)[C@@H](O)[C@]1(C)O. The number of nitrogens with zero attached hydrogens (tertiary/aromatic N) is 6. The summed E-state index contributed by atoms with van der Waals surface area (Å²) in [4.78, 5) is 39.3. The van der Waals surface area contributed by atoms with E-state index >= 15 is 4.39 Å². The summed E-state index contributed by atoms with van der Waals surface area (Å²) < 4.78 is 55.3. The second-order valence-electron chi connectivity index (χ2n) is 25.8. The largest absolute Gasteiger partial charge is 0.459 e. The molecule has 81 heavy (non-hydrogen) atoms. The normalized spacial score (nSPS) is 35.7. The zero-order chi connectivity index (χ0) is 60.1. The first-order valence-corrected chi connectivity index (χ1v) is 29.8. The molecule has 0 bridgehead atoms. The molecule has 0 unspecified atom stereocenters. The van der Waals surface area contributed by atoms with Crippen molar-refractivity contribution >= 4 is 17.5 Å². The van der Waals surface area contributed by atoms with E-state index in [1.807, 2.05) is 52.1 Å². The first kappa shape index (κ1) is 66.6. The molecule has 2 aromatic rings. The summed E-state index contributed by atoms with van der Waals surface area (Å²) >= 11 is 0. The first-order valence-electron chi connectivity index (χ1n) is 29.8. The van der Waals surface area contributed by atoms with E-state index in [0.717, 1.165) is 49.2 Å². The smallest absolute Gasteiger partial charge is 0.311 e. The molecule has 1 aromatic heterocycles. The molecule has 0 aliphatic carbocycles. The van der Waals surface area contributed by atoms with Crippen molar-refractivity contribution in [3.05, 3.63) is 47.3 Å². The Morgan fingerprint density at radius 1 is 0.926 bits per heavy atom. The van der Waals surface area contributed by atoms with Gasteiger partial charge in [0.15, 0.2) is 6.29 Å². The fourth-order valence-electron chi connectivity index (χ4n) is 13.1. The summed E-state index contributed by atoms with van der Waals surface area (Å²) in [6, 6.07) is 7.12. The number of Topliss-reactive ketones (excluding diaryl/α,β-unsaturated/α-hetero) is 1. The van der Waals surface area contributed by atoms with Crippen LogP contribution in [0.25, 0.3) is 0 Å². The molecule has 19 nitrogen and oxygen atoms in total. The number of cyclic esters (lactones) is 1. The number of hydrogen-bond donors (Lipinski definition) is 4. The van der Waals surface area contributed by atoms with Gasteiger partial charge in [-0.1, -0.05) is 83.1 Å². The van der Waals surface area contributed by atoms with E-state index in [-0.39, 0.29) is 42.5 Å². The molecule has 19 atom stereocenters. The molecule has 0 amide bonds. The van der Waals surface area contributed by atoms with Crippen molar-refractivity contribution in [3.63, 3.8) is 0 Å². The molecular weight excluding hydrogens is 1040 g/mol. The number of methoxy groups -OCH3 is 2. The van der Waals surface area contributed by atoms with Gasteiger partial charge in [0.05, 0.1) is 71.2 Å². The molecule has 0 radical (unpaired) electrons. The number of ketones is 1. The number of esters is 1. The van der Waals surface area contributed by atoms with Crippen molar-refractivity contribution in [2.75, 3.05) is 54.6 Å². The summed E-state index contributed by atoms with van der Waals surface area (Å²) in [5, 5.41) is 60.7. The molecule has 460 valence electrons. The lowest BCUT2D eigenvalue weighted by Gasteiger charge is -2.49. The maximum atomic E-state index is 15.0. The lowest BCUT2D eigenvalue weighted by molar-refractivity contribution is -0.302. The van der Waals surface area contributed by atoms with Gasteiger partial charge in [-0.2, -0.15) is 0 Å². The molecule has 1 aromatic carbocycles. The van der Waals surface area contributed by atoms with Crippen molar-refractivity contribution in [1.82, 2.24) is 24.8 Å². The van der Waals surface area contributed by atoms with Crippen LogP contribution in [-0.2, 0) is 49.3 Å². The highest BCUT2D eigenvalue weighted by Crippen LogP contribution is 2.42. The Morgan fingerprint density at radius 3 is 2.16 bits per heavy atom. The Kier molecular flexibility index (Phi) is 22.7.